The minimum Gasteiger partial charge on any atom is -0.317 e. The van der Waals surface area contributed by atoms with Crippen LogP contribution in [0.2, 0.25) is 0 Å². The Balaban J connectivity index is 2.35. The molecule has 1 aromatic heterocycles. The number of hydrogen-bond donors (Lipinski definition) is 0. The van der Waals surface area contributed by atoms with Crippen molar-refractivity contribution in [1.82, 2.24) is 0 Å². The predicted octanol–water partition coefficient (Wildman–Crippen LogP) is 2.30. The smallest absolute Gasteiger partial charge is 0.170 e. The minimum atomic E-state index is 0.995. The van der Waals surface area contributed by atoms with E-state index in [1.165, 1.54) is 5.57 Å². The van der Waals surface area contributed by atoms with E-state index < -0.39 is 0 Å². The van der Waals surface area contributed by atoms with Crippen LogP contribution < -0.4 is 9.47 Å². The summed E-state index contributed by atoms with van der Waals surface area (Å²) in [6.45, 7) is 6.10. The summed E-state index contributed by atoms with van der Waals surface area (Å²) in [4.78, 5) is 2.09. The van der Waals surface area contributed by atoms with Crippen LogP contribution in [0.1, 0.15) is 6.92 Å². The van der Waals surface area contributed by atoms with Crippen LogP contribution in [0, 0.1) is 0 Å². The van der Waals surface area contributed by atoms with Gasteiger partial charge in [-0.1, -0.05) is 12.7 Å². The molecule has 1 aromatic rings. The van der Waals surface area contributed by atoms with Crippen LogP contribution in [0.15, 0.2) is 60.7 Å². The van der Waals surface area contributed by atoms with Gasteiger partial charge >= 0.3 is 0 Å². The first-order valence-electron chi connectivity index (χ1n) is 4.97. The molecule has 0 aromatic carbocycles. The molecule has 0 amide bonds. The van der Waals surface area contributed by atoms with Crippen LogP contribution in [0.5, 0.6) is 0 Å². The van der Waals surface area contributed by atoms with Crippen molar-refractivity contribution in [2.45, 2.75) is 6.92 Å². The van der Waals surface area contributed by atoms with Gasteiger partial charge in [0.15, 0.2) is 12.4 Å². The van der Waals surface area contributed by atoms with Gasteiger partial charge in [-0.05, 0) is 18.6 Å². The second-order valence-corrected chi connectivity index (χ2v) is 3.79. The quantitative estimate of drug-likeness (QED) is 0.629. The van der Waals surface area contributed by atoms with Crippen LogP contribution in [-0.2, 0) is 7.05 Å². The van der Waals surface area contributed by atoms with Crippen molar-refractivity contribution in [3.05, 3.63) is 60.7 Å². The number of rotatable bonds is 1. The zero-order valence-corrected chi connectivity index (χ0v) is 9.14. The maximum absolute atomic E-state index is 4.02. The normalized spacial score (nSPS) is 15.5. The lowest BCUT2D eigenvalue weighted by molar-refractivity contribution is -0.671. The molecule has 2 rings (SSSR count). The summed E-state index contributed by atoms with van der Waals surface area (Å²) in [6, 6.07) is 4.16. The Morgan fingerprint density at radius 1 is 1.20 bits per heavy atom. The zero-order chi connectivity index (χ0) is 10.8. The van der Waals surface area contributed by atoms with Gasteiger partial charge in [0.1, 0.15) is 7.05 Å². The van der Waals surface area contributed by atoms with Gasteiger partial charge in [-0.25, -0.2) is 4.57 Å². The van der Waals surface area contributed by atoms with Gasteiger partial charge < -0.3 is 4.90 Å². The molecule has 0 aliphatic carbocycles. The number of pyridine rings is 1. The molecule has 2 nitrogen and oxygen atoms in total. The average Bonchev–Trinajstić information content (AvgIpc) is 2.23. The van der Waals surface area contributed by atoms with Crippen molar-refractivity contribution in [1.29, 1.82) is 0 Å². The Morgan fingerprint density at radius 2 is 1.87 bits per heavy atom. The van der Waals surface area contributed by atoms with E-state index in [1.807, 2.05) is 30.1 Å². The maximum Gasteiger partial charge on any atom is 0.170 e. The highest BCUT2D eigenvalue weighted by atomic mass is 15.1. The molecule has 1 aliphatic rings. The number of allylic oxidation sites excluding steroid dienone is 3. The Bertz CT molecular complexity index is 438. The molecule has 0 radical (unpaired) electrons. The summed E-state index contributed by atoms with van der Waals surface area (Å²) in [7, 11) is 2.01. The van der Waals surface area contributed by atoms with Crippen LogP contribution in [0.3, 0.4) is 0 Å². The van der Waals surface area contributed by atoms with E-state index >= 15 is 0 Å². The van der Waals surface area contributed by atoms with Gasteiger partial charge in [-0.2, -0.15) is 0 Å². The Labute approximate surface area is 90.5 Å². The van der Waals surface area contributed by atoms with Crippen molar-refractivity contribution in [3.63, 3.8) is 0 Å². The first kappa shape index (κ1) is 9.71. The summed E-state index contributed by atoms with van der Waals surface area (Å²) in [5.74, 6) is 0. The van der Waals surface area contributed by atoms with Crippen molar-refractivity contribution in [3.8, 4) is 0 Å². The SMILES string of the molecule is C=C1C=CC(C)=CN1c1cc[n+](C)cc1. The lowest BCUT2D eigenvalue weighted by atomic mass is 10.2. The Hall–Kier alpha value is -1.83. The molecule has 0 fully saturated rings. The molecular weight excluding hydrogens is 184 g/mol. The number of anilines is 1. The summed E-state index contributed by atoms with van der Waals surface area (Å²) in [5.41, 5.74) is 3.37. The van der Waals surface area contributed by atoms with E-state index in [-0.39, 0.29) is 0 Å². The molecule has 0 saturated heterocycles. The van der Waals surface area contributed by atoms with Gasteiger partial charge in [0.25, 0.3) is 0 Å². The largest absolute Gasteiger partial charge is 0.317 e. The summed E-state index contributed by atoms with van der Waals surface area (Å²) >= 11 is 0. The van der Waals surface area contributed by atoms with Crippen molar-refractivity contribution < 1.29 is 4.57 Å². The van der Waals surface area contributed by atoms with Gasteiger partial charge in [-0.3, -0.25) is 0 Å². The summed E-state index contributed by atoms with van der Waals surface area (Å²) in [5, 5.41) is 0. The lowest BCUT2D eigenvalue weighted by Gasteiger charge is -2.23. The van der Waals surface area contributed by atoms with E-state index in [9.17, 15) is 0 Å². The summed E-state index contributed by atoms with van der Waals surface area (Å²) < 4.78 is 2.02. The van der Waals surface area contributed by atoms with Gasteiger partial charge in [0.05, 0.1) is 5.69 Å². The van der Waals surface area contributed by atoms with E-state index in [2.05, 4.69) is 42.8 Å². The third-order valence-electron chi connectivity index (χ3n) is 2.42. The maximum atomic E-state index is 4.02. The second kappa shape index (κ2) is 3.73. The molecule has 0 N–H and O–H groups in total. The van der Waals surface area contributed by atoms with Crippen molar-refractivity contribution >= 4 is 5.69 Å². The number of hydrogen-bond acceptors (Lipinski definition) is 1. The topological polar surface area (TPSA) is 7.12 Å². The molecule has 2 heterocycles. The Kier molecular flexibility index (Phi) is 2.42. The van der Waals surface area contributed by atoms with Gasteiger partial charge in [0, 0.05) is 24.0 Å². The first-order valence-corrected chi connectivity index (χ1v) is 4.97. The molecule has 2 heteroatoms. The molecule has 15 heavy (non-hydrogen) atoms. The summed E-state index contributed by atoms with van der Waals surface area (Å²) in [6.07, 6.45) is 10.3. The van der Waals surface area contributed by atoms with Crippen LogP contribution in [0.25, 0.3) is 0 Å². The Morgan fingerprint density at radius 3 is 2.53 bits per heavy atom. The minimum absolute atomic E-state index is 0.995. The third kappa shape index (κ3) is 1.99. The van der Waals surface area contributed by atoms with E-state index in [0.717, 1.165) is 11.4 Å². The van der Waals surface area contributed by atoms with Crippen LogP contribution >= 0.6 is 0 Å². The van der Waals surface area contributed by atoms with Crippen molar-refractivity contribution in [2.75, 3.05) is 4.90 Å². The lowest BCUT2D eigenvalue weighted by Crippen LogP contribution is -2.27. The molecule has 0 spiro atoms. The fourth-order valence-electron chi connectivity index (χ4n) is 1.53. The predicted molar refractivity (Wildman–Crippen MR) is 62.1 cm³/mol. The van der Waals surface area contributed by atoms with Crippen LogP contribution in [0.4, 0.5) is 5.69 Å². The van der Waals surface area contributed by atoms with Gasteiger partial charge in [-0.15, -0.1) is 0 Å². The highest BCUT2D eigenvalue weighted by Gasteiger charge is 2.10. The molecule has 0 bridgehead atoms. The molecule has 0 saturated carbocycles. The fourth-order valence-corrected chi connectivity index (χ4v) is 1.53. The van der Waals surface area contributed by atoms with E-state index in [4.69, 9.17) is 0 Å². The molecule has 0 atom stereocenters. The van der Waals surface area contributed by atoms with E-state index in [1.54, 1.807) is 0 Å². The fraction of sp³-hybridized carbons (Fsp3) is 0.154. The van der Waals surface area contributed by atoms with Crippen molar-refractivity contribution in [2.24, 2.45) is 7.05 Å². The third-order valence-corrected chi connectivity index (χ3v) is 2.42. The first-order chi connectivity index (χ1) is 7.16. The average molecular weight is 199 g/mol. The molecule has 0 unspecified atom stereocenters. The number of aryl methyl sites for hydroxylation is 1. The van der Waals surface area contributed by atoms with Crippen LogP contribution in [-0.4, -0.2) is 0 Å². The monoisotopic (exact) mass is 199 g/mol. The standard InChI is InChI=1S/C13H15N2/c1-11-4-5-12(2)15(10-11)13-6-8-14(3)9-7-13/h4-10H,2H2,1,3H3/q+1. The number of nitrogens with zero attached hydrogens (tertiary/aromatic N) is 2. The highest BCUT2D eigenvalue weighted by molar-refractivity contribution is 5.59. The van der Waals surface area contributed by atoms with E-state index in [0.29, 0.717) is 0 Å². The number of aromatic nitrogens is 1. The molecular formula is C13H15N2+. The van der Waals surface area contributed by atoms with Gasteiger partial charge in [0.2, 0.25) is 0 Å². The zero-order valence-electron chi connectivity index (χ0n) is 9.14. The molecule has 1 aliphatic heterocycles. The highest BCUT2D eigenvalue weighted by Crippen LogP contribution is 2.22. The molecule has 76 valence electrons. The second-order valence-electron chi connectivity index (χ2n) is 3.79.